The van der Waals surface area contributed by atoms with E-state index in [1.165, 1.54) is 43.7 Å². The highest BCUT2D eigenvalue weighted by Crippen LogP contribution is 2.33. The molecule has 0 atom stereocenters. The van der Waals surface area contributed by atoms with Gasteiger partial charge in [0.15, 0.2) is 0 Å². The van der Waals surface area contributed by atoms with Gasteiger partial charge in [-0.05, 0) is 23.6 Å². The number of para-hydroxylation sites is 1. The van der Waals surface area contributed by atoms with Gasteiger partial charge in [-0.2, -0.15) is 0 Å². The van der Waals surface area contributed by atoms with Crippen molar-refractivity contribution < 1.29 is 0 Å². The highest BCUT2D eigenvalue weighted by atomic mass is 15.0. The molecule has 0 fully saturated rings. The standard InChI is InChI=1S/C22H16BN/c23-18-11-6-14-21-22(18)17-10-3-4-12-20(17)24(21)19-13-5-8-15-7-1-2-9-16(15)19/h1-14H,23H2. The molecule has 0 saturated heterocycles. The van der Waals surface area contributed by atoms with E-state index >= 15 is 0 Å². The fraction of sp³-hybridized carbons (Fsp3) is 0. The lowest BCUT2D eigenvalue weighted by Gasteiger charge is -2.11. The summed E-state index contributed by atoms with van der Waals surface area (Å²) >= 11 is 0. The molecule has 5 rings (SSSR count). The summed E-state index contributed by atoms with van der Waals surface area (Å²) in [5.74, 6) is 0. The molecular formula is C22H16BN. The normalized spacial score (nSPS) is 11.5. The molecule has 0 amide bonds. The Balaban J connectivity index is 2.04. The van der Waals surface area contributed by atoms with Gasteiger partial charge >= 0.3 is 0 Å². The zero-order valence-electron chi connectivity index (χ0n) is 13.5. The third-order valence-corrected chi connectivity index (χ3v) is 4.91. The average Bonchev–Trinajstić information content (AvgIpc) is 2.97. The monoisotopic (exact) mass is 305 g/mol. The molecule has 0 spiro atoms. The number of hydrogen-bond donors (Lipinski definition) is 0. The molecule has 112 valence electrons. The quantitative estimate of drug-likeness (QED) is 0.409. The van der Waals surface area contributed by atoms with E-state index in [1.54, 1.807) is 0 Å². The predicted molar refractivity (Wildman–Crippen MR) is 106 cm³/mol. The van der Waals surface area contributed by atoms with Crippen LogP contribution in [0, 0.1) is 0 Å². The lowest BCUT2D eigenvalue weighted by atomic mass is 9.91. The molecule has 4 aromatic carbocycles. The highest BCUT2D eigenvalue weighted by molar-refractivity contribution is 6.41. The average molecular weight is 305 g/mol. The van der Waals surface area contributed by atoms with E-state index in [4.69, 9.17) is 0 Å². The molecule has 0 aliphatic heterocycles. The topological polar surface area (TPSA) is 4.93 Å². The van der Waals surface area contributed by atoms with E-state index in [9.17, 15) is 0 Å². The Morgan fingerprint density at radius 3 is 2.17 bits per heavy atom. The first-order valence-corrected chi connectivity index (χ1v) is 8.31. The van der Waals surface area contributed by atoms with Crippen molar-refractivity contribution in [2.24, 2.45) is 0 Å². The first-order chi connectivity index (χ1) is 11.8. The van der Waals surface area contributed by atoms with Crippen molar-refractivity contribution in [3.63, 3.8) is 0 Å². The van der Waals surface area contributed by atoms with Gasteiger partial charge in [-0.15, -0.1) is 0 Å². The molecule has 1 aromatic heterocycles. The van der Waals surface area contributed by atoms with Crippen LogP contribution in [-0.2, 0) is 0 Å². The summed E-state index contributed by atoms with van der Waals surface area (Å²) in [7, 11) is 2.20. The number of benzene rings is 4. The Kier molecular flexibility index (Phi) is 2.80. The predicted octanol–water partition coefficient (Wildman–Crippen LogP) is 4.20. The molecule has 0 aliphatic rings. The molecule has 1 nitrogen and oxygen atoms in total. The third kappa shape index (κ3) is 1.77. The van der Waals surface area contributed by atoms with Gasteiger partial charge in [0.05, 0.1) is 16.7 Å². The molecule has 2 heteroatoms. The van der Waals surface area contributed by atoms with E-state index in [0.717, 1.165) is 0 Å². The molecule has 5 aromatic rings. The molecular weight excluding hydrogens is 289 g/mol. The van der Waals surface area contributed by atoms with Crippen molar-refractivity contribution in [3.05, 3.63) is 84.9 Å². The molecule has 0 bridgehead atoms. The maximum atomic E-state index is 2.40. The minimum atomic E-state index is 1.24. The zero-order valence-corrected chi connectivity index (χ0v) is 13.5. The van der Waals surface area contributed by atoms with Crippen LogP contribution < -0.4 is 5.46 Å². The van der Waals surface area contributed by atoms with Crippen LogP contribution in [0.1, 0.15) is 0 Å². The van der Waals surface area contributed by atoms with Crippen molar-refractivity contribution in [2.45, 2.75) is 0 Å². The third-order valence-electron chi connectivity index (χ3n) is 4.91. The SMILES string of the molecule is Bc1cccc2c1c1ccccc1n2-c1cccc2ccccc12. The van der Waals surface area contributed by atoms with Crippen molar-refractivity contribution in [2.75, 3.05) is 0 Å². The van der Waals surface area contributed by atoms with Crippen LogP contribution in [0.5, 0.6) is 0 Å². The largest absolute Gasteiger partial charge is 0.309 e. The first-order valence-electron chi connectivity index (χ1n) is 8.31. The minimum Gasteiger partial charge on any atom is -0.309 e. The Morgan fingerprint density at radius 1 is 0.583 bits per heavy atom. The van der Waals surface area contributed by atoms with Gasteiger partial charge in [-0.25, -0.2) is 0 Å². The molecule has 0 radical (unpaired) electrons. The number of rotatable bonds is 1. The van der Waals surface area contributed by atoms with E-state index in [2.05, 4.69) is 97.3 Å². The number of hydrogen-bond acceptors (Lipinski definition) is 0. The second-order valence-corrected chi connectivity index (χ2v) is 6.32. The van der Waals surface area contributed by atoms with Crippen molar-refractivity contribution in [1.82, 2.24) is 4.57 Å². The second kappa shape index (κ2) is 5.00. The van der Waals surface area contributed by atoms with Crippen LogP contribution in [-0.4, -0.2) is 12.4 Å². The molecule has 0 N–H and O–H groups in total. The van der Waals surface area contributed by atoms with Gasteiger partial charge in [0, 0.05) is 16.2 Å². The van der Waals surface area contributed by atoms with Crippen molar-refractivity contribution >= 4 is 45.9 Å². The lowest BCUT2D eigenvalue weighted by molar-refractivity contribution is 1.20. The summed E-state index contributed by atoms with van der Waals surface area (Å²) in [5, 5.41) is 5.22. The van der Waals surface area contributed by atoms with Gasteiger partial charge in [0.1, 0.15) is 7.85 Å². The number of nitrogens with zero attached hydrogens (tertiary/aromatic N) is 1. The Labute approximate surface area is 141 Å². The smallest absolute Gasteiger partial charge is 0.140 e. The molecule has 1 heterocycles. The number of aromatic nitrogens is 1. The maximum Gasteiger partial charge on any atom is 0.140 e. The summed E-state index contributed by atoms with van der Waals surface area (Å²) in [5.41, 5.74) is 5.10. The summed E-state index contributed by atoms with van der Waals surface area (Å²) in [6.45, 7) is 0. The van der Waals surface area contributed by atoms with Crippen molar-refractivity contribution in [3.8, 4) is 5.69 Å². The Bertz CT molecular complexity index is 1210. The second-order valence-electron chi connectivity index (χ2n) is 6.32. The van der Waals surface area contributed by atoms with E-state index in [-0.39, 0.29) is 0 Å². The fourth-order valence-electron chi connectivity index (χ4n) is 3.86. The summed E-state index contributed by atoms with van der Waals surface area (Å²) in [4.78, 5) is 0. The fourth-order valence-corrected chi connectivity index (χ4v) is 3.86. The Morgan fingerprint density at radius 2 is 1.25 bits per heavy atom. The van der Waals surface area contributed by atoms with Gasteiger partial charge in [0.2, 0.25) is 0 Å². The van der Waals surface area contributed by atoms with Gasteiger partial charge in [-0.3, -0.25) is 0 Å². The molecule has 0 unspecified atom stereocenters. The van der Waals surface area contributed by atoms with Crippen LogP contribution in [0.15, 0.2) is 84.9 Å². The van der Waals surface area contributed by atoms with E-state index in [0.29, 0.717) is 0 Å². The molecule has 24 heavy (non-hydrogen) atoms. The number of fused-ring (bicyclic) bond motifs is 4. The van der Waals surface area contributed by atoms with Crippen LogP contribution in [0.2, 0.25) is 0 Å². The lowest BCUT2D eigenvalue weighted by Crippen LogP contribution is -2.02. The van der Waals surface area contributed by atoms with Crippen LogP contribution in [0.25, 0.3) is 38.3 Å². The summed E-state index contributed by atoms with van der Waals surface area (Å²) in [6, 6.07) is 30.4. The van der Waals surface area contributed by atoms with Crippen LogP contribution in [0.4, 0.5) is 0 Å². The van der Waals surface area contributed by atoms with Crippen LogP contribution >= 0.6 is 0 Å². The van der Waals surface area contributed by atoms with Crippen molar-refractivity contribution in [1.29, 1.82) is 0 Å². The molecule has 0 saturated carbocycles. The first kappa shape index (κ1) is 13.4. The minimum absolute atomic E-state index is 1.24. The van der Waals surface area contributed by atoms with Crippen LogP contribution in [0.3, 0.4) is 0 Å². The summed E-state index contributed by atoms with van der Waals surface area (Å²) < 4.78 is 2.40. The van der Waals surface area contributed by atoms with E-state index in [1.807, 2.05) is 0 Å². The maximum absolute atomic E-state index is 2.40. The van der Waals surface area contributed by atoms with Gasteiger partial charge in [0.25, 0.3) is 0 Å². The van der Waals surface area contributed by atoms with E-state index < -0.39 is 0 Å². The molecule has 0 aliphatic carbocycles. The zero-order chi connectivity index (χ0) is 16.1. The highest BCUT2D eigenvalue weighted by Gasteiger charge is 2.14. The Hall–Kier alpha value is -3.00. The summed E-state index contributed by atoms with van der Waals surface area (Å²) in [6.07, 6.45) is 0. The van der Waals surface area contributed by atoms with Gasteiger partial charge in [-0.1, -0.05) is 72.2 Å². The van der Waals surface area contributed by atoms with Gasteiger partial charge < -0.3 is 4.57 Å².